The first-order valence-corrected chi connectivity index (χ1v) is 6.03. The van der Waals surface area contributed by atoms with Crippen molar-refractivity contribution in [2.45, 2.75) is 45.2 Å². The van der Waals surface area contributed by atoms with Crippen LogP contribution in [0.5, 0.6) is 0 Å². The maximum atomic E-state index is 11.6. The lowest BCUT2D eigenvalue weighted by molar-refractivity contribution is 0.240. The summed E-state index contributed by atoms with van der Waals surface area (Å²) in [4.78, 5) is 11.6. The molecule has 1 aliphatic rings. The Morgan fingerprint density at radius 2 is 2.29 bits per heavy atom. The number of nitrogens with one attached hydrogen (secondary N) is 4. The van der Waals surface area contributed by atoms with Crippen LogP contribution in [0.2, 0.25) is 0 Å². The van der Waals surface area contributed by atoms with E-state index in [1.165, 1.54) is 6.42 Å². The highest BCUT2D eigenvalue weighted by Crippen LogP contribution is 2.18. The molecule has 1 aromatic rings. The SMILES string of the molecule is CC(C)Nc1cc(NC(=O)NC2CCC2)[nH]n1. The molecule has 0 spiro atoms. The van der Waals surface area contributed by atoms with Gasteiger partial charge in [0.05, 0.1) is 0 Å². The fraction of sp³-hybridized carbons (Fsp3) is 0.636. The molecule has 2 amide bonds. The van der Waals surface area contributed by atoms with Gasteiger partial charge in [-0.15, -0.1) is 0 Å². The number of rotatable bonds is 4. The summed E-state index contributed by atoms with van der Waals surface area (Å²) in [6.45, 7) is 4.07. The van der Waals surface area contributed by atoms with Crippen LogP contribution in [0.25, 0.3) is 0 Å². The Labute approximate surface area is 101 Å². The normalized spacial score (nSPS) is 15.5. The molecule has 17 heavy (non-hydrogen) atoms. The van der Waals surface area contributed by atoms with E-state index in [2.05, 4.69) is 26.1 Å². The smallest absolute Gasteiger partial charge is 0.320 e. The number of H-pyrrole nitrogens is 1. The van der Waals surface area contributed by atoms with Gasteiger partial charge in [0.1, 0.15) is 11.6 Å². The van der Waals surface area contributed by atoms with Crippen LogP contribution in [-0.4, -0.2) is 28.3 Å². The van der Waals surface area contributed by atoms with Gasteiger partial charge >= 0.3 is 6.03 Å². The third-order valence-electron chi connectivity index (χ3n) is 2.70. The van der Waals surface area contributed by atoms with Crippen LogP contribution in [0, 0.1) is 0 Å². The molecule has 1 aromatic heterocycles. The lowest BCUT2D eigenvalue weighted by atomic mass is 9.93. The van der Waals surface area contributed by atoms with Crippen LogP contribution in [0.1, 0.15) is 33.1 Å². The number of hydrogen-bond acceptors (Lipinski definition) is 3. The van der Waals surface area contributed by atoms with Gasteiger partial charge in [-0.05, 0) is 33.1 Å². The number of aromatic nitrogens is 2. The predicted octanol–water partition coefficient (Wildman–Crippen LogP) is 1.90. The Kier molecular flexibility index (Phi) is 3.51. The predicted molar refractivity (Wildman–Crippen MR) is 67.1 cm³/mol. The molecule has 4 N–H and O–H groups in total. The van der Waals surface area contributed by atoms with Crippen LogP contribution in [-0.2, 0) is 0 Å². The van der Waals surface area contributed by atoms with Crippen molar-refractivity contribution in [2.24, 2.45) is 0 Å². The minimum absolute atomic E-state index is 0.172. The summed E-state index contributed by atoms with van der Waals surface area (Å²) in [6, 6.07) is 2.26. The van der Waals surface area contributed by atoms with E-state index >= 15 is 0 Å². The van der Waals surface area contributed by atoms with Crippen LogP contribution in [0.4, 0.5) is 16.4 Å². The number of carbonyl (C=O) groups excluding carboxylic acids is 1. The van der Waals surface area contributed by atoms with Gasteiger partial charge in [0.2, 0.25) is 0 Å². The molecular formula is C11H19N5O. The number of urea groups is 1. The van der Waals surface area contributed by atoms with Gasteiger partial charge in [-0.2, -0.15) is 5.10 Å². The molecule has 94 valence electrons. The summed E-state index contributed by atoms with van der Waals surface area (Å²) in [5.74, 6) is 1.34. The van der Waals surface area contributed by atoms with Crippen molar-refractivity contribution in [3.8, 4) is 0 Å². The zero-order chi connectivity index (χ0) is 12.3. The highest BCUT2D eigenvalue weighted by Gasteiger charge is 2.19. The van der Waals surface area contributed by atoms with Crippen molar-refractivity contribution in [2.75, 3.05) is 10.6 Å². The molecule has 0 saturated heterocycles. The van der Waals surface area contributed by atoms with E-state index in [0.717, 1.165) is 18.7 Å². The second-order valence-corrected chi connectivity index (χ2v) is 4.69. The van der Waals surface area contributed by atoms with Gasteiger partial charge in [-0.3, -0.25) is 10.4 Å². The first-order chi connectivity index (χ1) is 8.13. The maximum absolute atomic E-state index is 11.6. The van der Waals surface area contributed by atoms with E-state index in [1.54, 1.807) is 6.07 Å². The summed E-state index contributed by atoms with van der Waals surface area (Å²) < 4.78 is 0. The zero-order valence-electron chi connectivity index (χ0n) is 10.2. The molecule has 0 atom stereocenters. The Bertz CT molecular complexity index is 383. The zero-order valence-corrected chi connectivity index (χ0v) is 10.2. The van der Waals surface area contributed by atoms with Crippen LogP contribution in [0.15, 0.2) is 6.07 Å². The Morgan fingerprint density at radius 3 is 2.88 bits per heavy atom. The van der Waals surface area contributed by atoms with Crippen molar-refractivity contribution >= 4 is 17.7 Å². The number of amides is 2. The number of carbonyl (C=O) groups is 1. The van der Waals surface area contributed by atoms with Crippen LogP contribution in [0.3, 0.4) is 0 Å². The van der Waals surface area contributed by atoms with E-state index in [0.29, 0.717) is 17.9 Å². The Balaban J connectivity index is 1.81. The summed E-state index contributed by atoms with van der Waals surface area (Å²) >= 11 is 0. The Morgan fingerprint density at radius 1 is 1.53 bits per heavy atom. The topological polar surface area (TPSA) is 81.8 Å². The van der Waals surface area contributed by atoms with Crippen LogP contribution >= 0.6 is 0 Å². The maximum Gasteiger partial charge on any atom is 0.320 e. The molecule has 0 bridgehead atoms. The first-order valence-electron chi connectivity index (χ1n) is 6.03. The largest absolute Gasteiger partial charge is 0.366 e. The number of aromatic amines is 1. The third-order valence-corrected chi connectivity index (χ3v) is 2.70. The van der Waals surface area contributed by atoms with Gasteiger partial charge < -0.3 is 10.6 Å². The highest BCUT2D eigenvalue weighted by atomic mass is 16.2. The lowest BCUT2D eigenvalue weighted by Crippen LogP contribution is -2.41. The van der Waals surface area contributed by atoms with Crippen molar-refractivity contribution in [1.82, 2.24) is 15.5 Å². The van der Waals surface area contributed by atoms with Crippen molar-refractivity contribution in [3.63, 3.8) is 0 Å². The van der Waals surface area contributed by atoms with E-state index in [1.807, 2.05) is 13.8 Å². The number of anilines is 2. The number of hydrogen-bond donors (Lipinski definition) is 4. The molecule has 0 unspecified atom stereocenters. The minimum Gasteiger partial charge on any atom is -0.366 e. The quantitative estimate of drug-likeness (QED) is 0.645. The second kappa shape index (κ2) is 5.07. The molecular weight excluding hydrogens is 218 g/mol. The molecule has 6 heteroatoms. The van der Waals surface area contributed by atoms with E-state index < -0.39 is 0 Å². The Hall–Kier alpha value is -1.72. The number of nitrogens with zero attached hydrogens (tertiary/aromatic N) is 1. The average Bonchev–Trinajstić information content (AvgIpc) is 2.58. The van der Waals surface area contributed by atoms with Gasteiger partial charge in [0.25, 0.3) is 0 Å². The molecule has 6 nitrogen and oxygen atoms in total. The van der Waals surface area contributed by atoms with Crippen molar-refractivity contribution in [1.29, 1.82) is 0 Å². The molecule has 1 heterocycles. The van der Waals surface area contributed by atoms with Crippen molar-refractivity contribution in [3.05, 3.63) is 6.07 Å². The molecule has 1 fully saturated rings. The second-order valence-electron chi connectivity index (χ2n) is 4.69. The van der Waals surface area contributed by atoms with Crippen LogP contribution < -0.4 is 16.0 Å². The summed E-state index contributed by atoms with van der Waals surface area (Å²) in [5.41, 5.74) is 0. The molecule has 1 aliphatic carbocycles. The lowest BCUT2D eigenvalue weighted by Gasteiger charge is -2.26. The van der Waals surface area contributed by atoms with E-state index in [4.69, 9.17) is 0 Å². The third kappa shape index (κ3) is 3.37. The molecule has 1 saturated carbocycles. The summed E-state index contributed by atoms with van der Waals surface area (Å²) in [6.07, 6.45) is 3.37. The van der Waals surface area contributed by atoms with Crippen molar-refractivity contribution < 1.29 is 4.79 Å². The standard InChI is InChI=1S/C11H19N5O/c1-7(2)12-9-6-10(16-15-9)14-11(17)13-8-4-3-5-8/h6-8H,3-5H2,1-2H3,(H4,12,13,14,15,16,17). The fourth-order valence-corrected chi connectivity index (χ4v) is 1.65. The minimum atomic E-state index is -0.172. The van der Waals surface area contributed by atoms with E-state index in [-0.39, 0.29) is 6.03 Å². The highest BCUT2D eigenvalue weighted by molar-refractivity contribution is 5.88. The monoisotopic (exact) mass is 237 g/mol. The van der Waals surface area contributed by atoms with E-state index in [9.17, 15) is 4.79 Å². The van der Waals surface area contributed by atoms with Gasteiger partial charge in [-0.25, -0.2) is 4.79 Å². The average molecular weight is 237 g/mol. The first kappa shape index (κ1) is 11.8. The van der Waals surface area contributed by atoms with Gasteiger partial charge in [0.15, 0.2) is 0 Å². The van der Waals surface area contributed by atoms with Gasteiger partial charge in [0, 0.05) is 18.2 Å². The summed E-state index contributed by atoms with van der Waals surface area (Å²) in [5, 5.41) is 15.6. The molecule has 0 radical (unpaired) electrons. The fourth-order valence-electron chi connectivity index (χ4n) is 1.65. The summed E-state index contributed by atoms with van der Waals surface area (Å²) in [7, 11) is 0. The molecule has 0 aliphatic heterocycles. The molecule has 0 aromatic carbocycles. The van der Waals surface area contributed by atoms with Gasteiger partial charge in [-0.1, -0.05) is 0 Å². The molecule has 2 rings (SSSR count).